The molecule has 1 aromatic carbocycles. The van der Waals surface area contributed by atoms with Crippen LogP contribution in [0.3, 0.4) is 0 Å². The Bertz CT molecular complexity index is 1160. The molecule has 1 amide bonds. The van der Waals surface area contributed by atoms with E-state index < -0.39 is 39.1 Å². The van der Waals surface area contributed by atoms with E-state index in [0.29, 0.717) is 23.5 Å². The maximum atomic E-state index is 14.1. The average molecular weight is 471 g/mol. The second-order valence-corrected chi connectivity index (χ2v) is 10.6. The first-order chi connectivity index (χ1) is 14.8. The number of benzene rings is 1. The maximum absolute atomic E-state index is 14.1. The molecular weight excluding hydrogens is 450 g/mol. The SMILES string of the molecule is COC(=O)c1c(S(=O)(=O)N2CCCC2)sc2c1CCN(C(=O)c1cccc(F)c1F)C2. The number of esters is 1. The van der Waals surface area contributed by atoms with Crippen LogP contribution in [0.4, 0.5) is 8.78 Å². The summed E-state index contributed by atoms with van der Waals surface area (Å²) in [7, 11) is -2.70. The number of carbonyl (C=O) groups excluding carboxylic acids is 2. The van der Waals surface area contributed by atoms with Crippen molar-refractivity contribution < 1.29 is 31.5 Å². The van der Waals surface area contributed by atoms with Crippen molar-refractivity contribution in [3.63, 3.8) is 0 Å². The summed E-state index contributed by atoms with van der Waals surface area (Å²) in [6.45, 7) is 0.893. The third-order valence-electron chi connectivity index (χ3n) is 5.52. The molecule has 31 heavy (non-hydrogen) atoms. The lowest BCUT2D eigenvalue weighted by molar-refractivity contribution is 0.0595. The Hall–Kier alpha value is -2.37. The predicted molar refractivity (Wildman–Crippen MR) is 108 cm³/mol. The number of halogens is 2. The van der Waals surface area contributed by atoms with E-state index in [2.05, 4.69) is 0 Å². The quantitative estimate of drug-likeness (QED) is 0.642. The number of thiophene rings is 1. The molecule has 2 aliphatic rings. The lowest BCUT2D eigenvalue weighted by Gasteiger charge is -2.27. The van der Waals surface area contributed by atoms with Gasteiger partial charge in [0.1, 0.15) is 4.21 Å². The van der Waals surface area contributed by atoms with Gasteiger partial charge in [-0.3, -0.25) is 4.79 Å². The zero-order chi connectivity index (χ0) is 22.3. The van der Waals surface area contributed by atoms with Gasteiger partial charge in [0.05, 0.1) is 24.8 Å². The van der Waals surface area contributed by atoms with Crippen LogP contribution in [0.2, 0.25) is 0 Å². The Morgan fingerprint density at radius 3 is 2.52 bits per heavy atom. The number of methoxy groups -OCH3 is 1. The van der Waals surface area contributed by atoms with Crippen LogP contribution in [0, 0.1) is 11.6 Å². The largest absolute Gasteiger partial charge is 0.465 e. The van der Waals surface area contributed by atoms with E-state index in [4.69, 9.17) is 4.74 Å². The number of sulfonamides is 1. The summed E-state index contributed by atoms with van der Waals surface area (Å²) in [6.07, 6.45) is 1.70. The molecule has 0 unspecified atom stereocenters. The number of amides is 1. The molecule has 2 aliphatic heterocycles. The molecule has 0 bridgehead atoms. The number of ether oxygens (including phenoxy) is 1. The summed E-state index contributed by atoms with van der Waals surface area (Å²) in [6, 6.07) is 3.38. The standard InChI is InChI=1S/C20H20F2N2O5S2/c1-29-19(26)16-12-7-10-23(18(25)13-5-4-6-14(21)17(13)22)11-15(12)30-20(16)31(27,28)24-8-2-3-9-24/h4-6H,2-3,7-11H2,1H3. The van der Waals surface area contributed by atoms with Crippen molar-refractivity contribution in [2.75, 3.05) is 26.7 Å². The van der Waals surface area contributed by atoms with Crippen LogP contribution in [0.25, 0.3) is 0 Å². The lowest BCUT2D eigenvalue weighted by Crippen LogP contribution is -2.36. The van der Waals surface area contributed by atoms with Crippen molar-refractivity contribution in [3.8, 4) is 0 Å². The second kappa shape index (κ2) is 8.29. The molecule has 1 saturated heterocycles. The number of fused-ring (bicyclic) bond motifs is 1. The molecule has 166 valence electrons. The van der Waals surface area contributed by atoms with E-state index >= 15 is 0 Å². The Balaban J connectivity index is 1.71. The number of carbonyl (C=O) groups is 2. The molecular formula is C20H20F2N2O5S2. The molecule has 7 nitrogen and oxygen atoms in total. The van der Waals surface area contributed by atoms with Gasteiger partial charge in [-0.15, -0.1) is 11.3 Å². The summed E-state index contributed by atoms with van der Waals surface area (Å²) in [5.74, 6) is -3.78. The molecule has 0 N–H and O–H groups in total. The maximum Gasteiger partial charge on any atom is 0.340 e. The predicted octanol–water partition coefficient (Wildman–Crippen LogP) is 2.80. The third-order valence-corrected chi connectivity index (χ3v) is 9.13. The number of nitrogens with zero attached hydrogens (tertiary/aromatic N) is 2. The molecule has 11 heteroatoms. The first-order valence-electron chi connectivity index (χ1n) is 9.72. The first kappa shape index (κ1) is 21.8. The van der Waals surface area contributed by atoms with Crippen LogP contribution in [0.5, 0.6) is 0 Å². The fraction of sp³-hybridized carbons (Fsp3) is 0.400. The Morgan fingerprint density at radius 1 is 1.13 bits per heavy atom. The van der Waals surface area contributed by atoms with Crippen molar-refractivity contribution in [1.29, 1.82) is 0 Å². The van der Waals surface area contributed by atoms with Crippen molar-refractivity contribution in [2.45, 2.75) is 30.0 Å². The Morgan fingerprint density at radius 2 is 1.84 bits per heavy atom. The van der Waals surface area contributed by atoms with Crippen LogP contribution in [0.15, 0.2) is 22.4 Å². The zero-order valence-corrected chi connectivity index (χ0v) is 18.3. The van der Waals surface area contributed by atoms with Gasteiger partial charge in [-0.25, -0.2) is 22.0 Å². The minimum absolute atomic E-state index is 0.00565. The third kappa shape index (κ3) is 3.74. The summed E-state index contributed by atoms with van der Waals surface area (Å²) in [5, 5.41) is 0. The van der Waals surface area contributed by atoms with E-state index in [0.717, 1.165) is 30.2 Å². The summed E-state index contributed by atoms with van der Waals surface area (Å²) in [4.78, 5) is 27.1. The summed E-state index contributed by atoms with van der Waals surface area (Å²) >= 11 is 0.931. The van der Waals surface area contributed by atoms with Gasteiger partial charge in [-0.1, -0.05) is 6.07 Å². The van der Waals surface area contributed by atoms with Crippen molar-refractivity contribution in [2.24, 2.45) is 0 Å². The van der Waals surface area contributed by atoms with Gasteiger partial charge in [-0.2, -0.15) is 4.31 Å². The van der Waals surface area contributed by atoms with Gasteiger partial charge in [-0.05, 0) is 37.0 Å². The molecule has 0 atom stereocenters. The van der Waals surface area contributed by atoms with Crippen LogP contribution < -0.4 is 0 Å². The minimum Gasteiger partial charge on any atom is -0.465 e. The summed E-state index contributed by atoms with van der Waals surface area (Å²) < 4.78 is 60.1. The molecule has 1 fully saturated rings. The highest BCUT2D eigenvalue weighted by Crippen LogP contribution is 2.39. The molecule has 2 aromatic rings. The second-order valence-electron chi connectivity index (χ2n) is 7.35. The van der Waals surface area contributed by atoms with E-state index in [-0.39, 0.29) is 29.3 Å². The minimum atomic E-state index is -3.88. The molecule has 0 radical (unpaired) electrons. The van der Waals surface area contributed by atoms with E-state index in [1.807, 2.05) is 0 Å². The van der Waals surface area contributed by atoms with Crippen molar-refractivity contribution >= 4 is 33.2 Å². The molecule has 0 aliphatic carbocycles. The van der Waals surface area contributed by atoms with Gasteiger partial charge >= 0.3 is 5.97 Å². The summed E-state index contributed by atoms with van der Waals surface area (Å²) in [5.41, 5.74) is 0.148. The highest BCUT2D eigenvalue weighted by Gasteiger charge is 2.38. The van der Waals surface area contributed by atoms with Gasteiger partial charge < -0.3 is 9.64 Å². The van der Waals surface area contributed by atoms with Gasteiger partial charge in [0.25, 0.3) is 15.9 Å². The number of hydrogen-bond donors (Lipinski definition) is 0. The van der Waals surface area contributed by atoms with Crippen LogP contribution >= 0.6 is 11.3 Å². The van der Waals surface area contributed by atoms with E-state index in [1.165, 1.54) is 28.4 Å². The van der Waals surface area contributed by atoms with E-state index in [9.17, 15) is 26.8 Å². The highest BCUT2D eigenvalue weighted by molar-refractivity contribution is 7.91. The fourth-order valence-corrected chi connectivity index (χ4v) is 7.48. The monoisotopic (exact) mass is 470 g/mol. The molecule has 1 aromatic heterocycles. The fourth-order valence-electron chi connectivity index (χ4n) is 3.93. The average Bonchev–Trinajstić information content (AvgIpc) is 3.43. The smallest absolute Gasteiger partial charge is 0.340 e. The molecule has 0 spiro atoms. The van der Waals surface area contributed by atoms with Crippen LogP contribution in [-0.4, -0.2) is 56.2 Å². The van der Waals surface area contributed by atoms with Gasteiger partial charge in [0.15, 0.2) is 11.6 Å². The number of hydrogen-bond acceptors (Lipinski definition) is 6. The Labute approximate surface area is 182 Å². The highest BCUT2D eigenvalue weighted by atomic mass is 32.2. The van der Waals surface area contributed by atoms with Gasteiger partial charge in [0.2, 0.25) is 0 Å². The molecule has 4 rings (SSSR count). The van der Waals surface area contributed by atoms with Crippen molar-refractivity contribution in [3.05, 3.63) is 51.4 Å². The molecule has 0 saturated carbocycles. The zero-order valence-electron chi connectivity index (χ0n) is 16.7. The topological polar surface area (TPSA) is 84.0 Å². The first-order valence-corrected chi connectivity index (χ1v) is 12.0. The van der Waals surface area contributed by atoms with Crippen molar-refractivity contribution in [1.82, 2.24) is 9.21 Å². The lowest BCUT2D eigenvalue weighted by atomic mass is 10.0. The normalized spacial score (nSPS) is 16.9. The van der Waals surface area contributed by atoms with Crippen LogP contribution in [-0.2, 0) is 27.7 Å². The Kier molecular flexibility index (Phi) is 5.84. The number of rotatable bonds is 4. The van der Waals surface area contributed by atoms with Crippen LogP contribution in [0.1, 0.15) is 44.0 Å². The van der Waals surface area contributed by atoms with E-state index in [1.54, 1.807) is 0 Å². The molecule has 3 heterocycles. The van der Waals surface area contributed by atoms with Gasteiger partial charge in [0, 0.05) is 24.5 Å².